The maximum Gasteiger partial charge on any atom is 0.343 e. The van der Waals surface area contributed by atoms with Crippen LogP contribution in [0.1, 0.15) is 38.8 Å². The van der Waals surface area contributed by atoms with Gasteiger partial charge in [0.15, 0.2) is 17.3 Å². The molecule has 2 aliphatic heterocycles. The highest BCUT2D eigenvalue weighted by Crippen LogP contribution is 2.38. The van der Waals surface area contributed by atoms with Gasteiger partial charge >= 0.3 is 5.97 Å². The number of fused-ring (bicyclic) bond motifs is 2. The minimum absolute atomic E-state index is 0.121. The van der Waals surface area contributed by atoms with Gasteiger partial charge in [0.2, 0.25) is 12.6 Å². The summed E-state index contributed by atoms with van der Waals surface area (Å²) in [6.45, 7) is 4.40. The molecular formula is C26H20O7. The SMILES string of the molecule is CCOc1ccc(/C=C2\Oc3cc(OC(=O)c4ccc5c(c4)OCO5)cc(C)c3C2=O)cc1. The maximum atomic E-state index is 12.9. The summed E-state index contributed by atoms with van der Waals surface area (Å²) in [7, 11) is 0. The summed E-state index contributed by atoms with van der Waals surface area (Å²) < 4.78 is 27.4. The van der Waals surface area contributed by atoms with Crippen LogP contribution in [0.4, 0.5) is 0 Å². The van der Waals surface area contributed by atoms with Crippen molar-refractivity contribution in [1.82, 2.24) is 0 Å². The minimum Gasteiger partial charge on any atom is -0.494 e. The van der Waals surface area contributed by atoms with Crippen LogP contribution in [0.2, 0.25) is 0 Å². The van der Waals surface area contributed by atoms with E-state index in [9.17, 15) is 9.59 Å². The van der Waals surface area contributed by atoms with Gasteiger partial charge in [0, 0.05) is 6.07 Å². The zero-order valence-corrected chi connectivity index (χ0v) is 18.0. The van der Waals surface area contributed by atoms with Crippen LogP contribution in [0.3, 0.4) is 0 Å². The summed E-state index contributed by atoms with van der Waals surface area (Å²) in [6, 6.07) is 15.4. The molecule has 0 radical (unpaired) electrons. The van der Waals surface area contributed by atoms with Gasteiger partial charge in [-0.25, -0.2) is 4.79 Å². The first-order valence-electron chi connectivity index (χ1n) is 10.5. The van der Waals surface area contributed by atoms with Crippen LogP contribution < -0.4 is 23.7 Å². The number of hydrogen-bond donors (Lipinski definition) is 0. The van der Waals surface area contributed by atoms with E-state index in [2.05, 4.69) is 0 Å². The van der Waals surface area contributed by atoms with Gasteiger partial charge in [-0.05, 0) is 67.4 Å². The second-order valence-corrected chi connectivity index (χ2v) is 7.51. The number of esters is 1. The van der Waals surface area contributed by atoms with Crippen molar-refractivity contribution in [3.05, 3.63) is 82.6 Å². The van der Waals surface area contributed by atoms with Gasteiger partial charge in [-0.15, -0.1) is 0 Å². The third-order valence-corrected chi connectivity index (χ3v) is 5.25. The Kier molecular flexibility index (Phi) is 5.22. The number of hydrogen-bond acceptors (Lipinski definition) is 7. The smallest absolute Gasteiger partial charge is 0.343 e. The Morgan fingerprint density at radius 3 is 2.55 bits per heavy atom. The van der Waals surface area contributed by atoms with Gasteiger partial charge in [-0.3, -0.25) is 4.79 Å². The molecule has 166 valence electrons. The zero-order valence-electron chi connectivity index (χ0n) is 18.0. The molecule has 5 rings (SSSR count). The van der Waals surface area contributed by atoms with Crippen molar-refractivity contribution in [2.45, 2.75) is 13.8 Å². The van der Waals surface area contributed by atoms with E-state index in [0.717, 1.165) is 11.3 Å². The highest BCUT2D eigenvalue weighted by atomic mass is 16.7. The van der Waals surface area contributed by atoms with Crippen molar-refractivity contribution in [1.29, 1.82) is 0 Å². The maximum absolute atomic E-state index is 12.9. The lowest BCUT2D eigenvalue weighted by Gasteiger charge is -2.08. The van der Waals surface area contributed by atoms with Crippen LogP contribution in [0.25, 0.3) is 6.08 Å². The molecule has 0 bridgehead atoms. The normalized spacial score (nSPS) is 14.7. The zero-order chi connectivity index (χ0) is 22.9. The van der Waals surface area contributed by atoms with Gasteiger partial charge < -0.3 is 23.7 Å². The Morgan fingerprint density at radius 2 is 1.76 bits per heavy atom. The van der Waals surface area contributed by atoms with Crippen LogP contribution in [0.15, 0.2) is 60.4 Å². The number of ketones is 1. The van der Waals surface area contributed by atoms with E-state index in [1.807, 2.05) is 31.2 Å². The molecule has 2 aliphatic rings. The fourth-order valence-corrected chi connectivity index (χ4v) is 3.70. The van der Waals surface area contributed by atoms with E-state index in [1.165, 1.54) is 0 Å². The highest BCUT2D eigenvalue weighted by molar-refractivity contribution is 6.15. The molecule has 2 heterocycles. The quantitative estimate of drug-likeness (QED) is 0.313. The van der Waals surface area contributed by atoms with Crippen molar-refractivity contribution in [3.8, 4) is 28.7 Å². The summed E-state index contributed by atoms with van der Waals surface area (Å²) in [4.78, 5) is 25.5. The first kappa shape index (κ1) is 20.6. The number of benzene rings is 3. The van der Waals surface area contributed by atoms with E-state index >= 15 is 0 Å². The third-order valence-electron chi connectivity index (χ3n) is 5.25. The van der Waals surface area contributed by atoms with Crippen LogP contribution in [-0.4, -0.2) is 25.2 Å². The van der Waals surface area contributed by atoms with E-state index in [4.69, 9.17) is 23.7 Å². The first-order chi connectivity index (χ1) is 16.0. The second-order valence-electron chi connectivity index (χ2n) is 7.51. The summed E-state index contributed by atoms with van der Waals surface area (Å²) in [5.74, 6) is 1.90. The lowest BCUT2D eigenvalue weighted by Crippen LogP contribution is -2.08. The largest absolute Gasteiger partial charge is 0.494 e. The molecular weight excluding hydrogens is 424 g/mol. The predicted molar refractivity (Wildman–Crippen MR) is 119 cm³/mol. The summed E-state index contributed by atoms with van der Waals surface area (Å²) in [5, 5.41) is 0. The predicted octanol–water partition coefficient (Wildman–Crippen LogP) is 4.96. The van der Waals surface area contributed by atoms with E-state index in [-0.39, 0.29) is 24.1 Å². The molecule has 0 saturated carbocycles. The van der Waals surface area contributed by atoms with Gasteiger partial charge in [-0.2, -0.15) is 0 Å². The van der Waals surface area contributed by atoms with Crippen molar-refractivity contribution in [2.24, 2.45) is 0 Å². The third kappa shape index (κ3) is 4.01. The molecule has 3 aromatic rings. The van der Waals surface area contributed by atoms with Crippen molar-refractivity contribution < 1.29 is 33.3 Å². The number of carbonyl (C=O) groups is 2. The topological polar surface area (TPSA) is 80.3 Å². The average molecular weight is 444 g/mol. The minimum atomic E-state index is -0.554. The molecule has 0 atom stereocenters. The Balaban J connectivity index is 1.36. The van der Waals surface area contributed by atoms with Crippen molar-refractivity contribution in [3.63, 3.8) is 0 Å². The van der Waals surface area contributed by atoms with E-state index in [0.29, 0.717) is 40.5 Å². The lowest BCUT2D eigenvalue weighted by atomic mass is 10.0. The Labute approximate surface area is 190 Å². The van der Waals surface area contributed by atoms with Crippen molar-refractivity contribution in [2.75, 3.05) is 13.4 Å². The number of carbonyl (C=O) groups excluding carboxylic acids is 2. The van der Waals surface area contributed by atoms with Crippen LogP contribution in [0.5, 0.6) is 28.7 Å². The summed E-state index contributed by atoms with van der Waals surface area (Å²) in [5.41, 5.74) is 2.24. The standard InChI is InChI=1S/C26H20O7/c1-3-29-18-7-4-16(5-8-18)11-23-25(27)24-15(2)10-19(13-22(24)33-23)32-26(28)17-6-9-20-21(12-17)31-14-30-20/h4-13H,3,14H2,1-2H3/b23-11-. The first-order valence-corrected chi connectivity index (χ1v) is 10.5. The van der Waals surface area contributed by atoms with Crippen LogP contribution in [-0.2, 0) is 0 Å². The number of rotatable bonds is 5. The number of Topliss-reactive ketones (excluding diaryl/α,β-unsaturated/α-hetero) is 1. The summed E-state index contributed by atoms with van der Waals surface area (Å²) in [6.07, 6.45) is 1.68. The monoisotopic (exact) mass is 444 g/mol. The summed E-state index contributed by atoms with van der Waals surface area (Å²) >= 11 is 0. The Morgan fingerprint density at radius 1 is 0.970 bits per heavy atom. The van der Waals surface area contributed by atoms with E-state index < -0.39 is 5.97 Å². The molecule has 7 heteroatoms. The van der Waals surface area contributed by atoms with E-state index in [1.54, 1.807) is 43.3 Å². The molecule has 0 spiro atoms. The van der Waals surface area contributed by atoms with Crippen LogP contribution >= 0.6 is 0 Å². The number of aryl methyl sites for hydroxylation is 1. The molecule has 0 aliphatic carbocycles. The molecule has 0 aromatic heterocycles. The molecule has 3 aromatic carbocycles. The molecule has 0 unspecified atom stereocenters. The number of ether oxygens (including phenoxy) is 5. The number of allylic oxidation sites excluding steroid dienone is 1. The highest BCUT2D eigenvalue weighted by Gasteiger charge is 2.30. The van der Waals surface area contributed by atoms with Crippen LogP contribution in [0, 0.1) is 6.92 Å². The fourth-order valence-electron chi connectivity index (χ4n) is 3.70. The average Bonchev–Trinajstić information content (AvgIpc) is 3.39. The lowest BCUT2D eigenvalue weighted by molar-refractivity contribution is 0.0734. The van der Waals surface area contributed by atoms with Crippen molar-refractivity contribution >= 4 is 17.8 Å². The molecule has 7 nitrogen and oxygen atoms in total. The van der Waals surface area contributed by atoms with Gasteiger partial charge in [0.25, 0.3) is 0 Å². The van der Waals surface area contributed by atoms with Gasteiger partial charge in [0.05, 0.1) is 17.7 Å². The van der Waals surface area contributed by atoms with Gasteiger partial charge in [0.1, 0.15) is 17.2 Å². The molecule has 33 heavy (non-hydrogen) atoms. The molecule has 0 N–H and O–H groups in total. The molecule has 0 amide bonds. The van der Waals surface area contributed by atoms with Gasteiger partial charge in [-0.1, -0.05) is 12.1 Å². The molecule has 0 saturated heterocycles. The second kappa shape index (κ2) is 8.35. The fraction of sp³-hybridized carbons (Fsp3) is 0.154. The Hall–Kier alpha value is -4.26. The molecule has 0 fully saturated rings. The Bertz CT molecular complexity index is 1290.